The number of thioether (sulfide) groups is 1. The molecule has 29 heavy (non-hydrogen) atoms. The van der Waals surface area contributed by atoms with Crippen LogP contribution >= 0.6 is 20.0 Å². The first-order valence-electron chi connectivity index (χ1n) is 10.2. The minimum Gasteiger partial charge on any atom is -0.313 e. The van der Waals surface area contributed by atoms with Crippen LogP contribution in [0.15, 0.2) is 59.5 Å². The van der Waals surface area contributed by atoms with Crippen LogP contribution in [0.4, 0.5) is 0 Å². The van der Waals surface area contributed by atoms with E-state index in [9.17, 15) is 4.57 Å². The van der Waals surface area contributed by atoms with Gasteiger partial charge in [-0.25, -0.2) is 0 Å². The van der Waals surface area contributed by atoms with Gasteiger partial charge in [0.1, 0.15) is 6.61 Å². The summed E-state index contributed by atoms with van der Waals surface area (Å²) in [5.74, 6) is 1.15. The zero-order chi connectivity index (χ0) is 21.0. The number of benzene rings is 2. The molecule has 0 bridgehead atoms. The Morgan fingerprint density at radius 1 is 1.03 bits per heavy atom. The number of hydrogen-bond acceptors (Lipinski definition) is 4. The van der Waals surface area contributed by atoms with Crippen LogP contribution < -0.4 is 5.32 Å². The second kappa shape index (κ2) is 13.1. The summed E-state index contributed by atoms with van der Waals surface area (Å²) in [6.45, 7) is 6.53. The molecular formula is C23H33NO3PS+. The third kappa shape index (κ3) is 9.88. The van der Waals surface area contributed by atoms with Crippen molar-refractivity contribution in [1.29, 1.82) is 0 Å². The van der Waals surface area contributed by atoms with Crippen LogP contribution in [0.3, 0.4) is 0 Å². The molecule has 4 nitrogen and oxygen atoms in total. The minimum atomic E-state index is -2.47. The summed E-state index contributed by atoms with van der Waals surface area (Å²) in [5.41, 5.74) is 2.91. The van der Waals surface area contributed by atoms with E-state index in [1.165, 1.54) is 35.3 Å². The van der Waals surface area contributed by atoms with E-state index in [4.69, 9.17) is 4.89 Å². The lowest BCUT2D eigenvalue weighted by Crippen LogP contribution is -2.16. The van der Waals surface area contributed by atoms with Gasteiger partial charge >= 0.3 is 8.25 Å². The highest BCUT2D eigenvalue weighted by Crippen LogP contribution is 2.29. The average Bonchev–Trinajstić information content (AvgIpc) is 2.72. The molecule has 6 heteroatoms. The van der Waals surface area contributed by atoms with Crippen molar-refractivity contribution in [3.05, 3.63) is 65.7 Å². The Balaban J connectivity index is 1.58. The van der Waals surface area contributed by atoms with E-state index in [0.29, 0.717) is 6.61 Å². The van der Waals surface area contributed by atoms with Crippen molar-refractivity contribution in [2.24, 2.45) is 0 Å². The minimum absolute atomic E-state index is 0.238. The van der Waals surface area contributed by atoms with Gasteiger partial charge in [0.15, 0.2) is 0 Å². The fourth-order valence-corrected chi connectivity index (χ4v) is 4.37. The summed E-state index contributed by atoms with van der Waals surface area (Å²) < 4.78 is 15.0. The first kappa shape index (κ1) is 24.0. The van der Waals surface area contributed by atoms with E-state index < -0.39 is 8.25 Å². The van der Waals surface area contributed by atoms with Crippen molar-refractivity contribution in [2.75, 3.05) is 18.9 Å². The summed E-state index contributed by atoms with van der Waals surface area (Å²) in [6.07, 6.45) is 4.40. The fraction of sp³-hybridized carbons (Fsp3) is 0.478. The molecule has 2 aromatic carbocycles. The molecule has 0 saturated heterocycles. The molecule has 2 N–H and O–H groups in total. The fourth-order valence-electron chi connectivity index (χ4n) is 3.17. The molecule has 0 spiro atoms. The molecular weight excluding hydrogens is 401 g/mol. The van der Waals surface area contributed by atoms with Gasteiger partial charge < -0.3 is 5.32 Å². The number of unbranched alkanes of at least 4 members (excludes halogenated alkanes) is 1. The number of rotatable bonds is 14. The zero-order valence-electron chi connectivity index (χ0n) is 17.5. The van der Waals surface area contributed by atoms with Gasteiger partial charge in [-0.15, -0.1) is 21.2 Å². The second-order valence-corrected chi connectivity index (χ2v) is 9.70. The molecule has 0 fully saturated rings. The van der Waals surface area contributed by atoms with Gasteiger partial charge in [-0.1, -0.05) is 62.7 Å². The van der Waals surface area contributed by atoms with E-state index in [0.717, 1.165) is 25.3 Å². The molecule has 0 radical (unpaired) electrons. The summed E-state index contributed by atoms with van der Waals surface area (Å²) in [6, 6.07) is 19.5. The van der Waals surface area contributed by atoms with Gasteiger partial charge in [0, 0.05) is 16.0 Å². The van der Waals surface area contributed by atoms with Crippen molar-refractivity contribution in [3.8, 4) is 0 Å². The summed E-state index contributed by atoms with van der Waals surface area (Å²) in [7, 11) is -2.47. The lowest BCUT2D eigenvalue weighted by atomic mass is 9.80. The summed E-state index contributed by atoms with van der Waals surface area (Å²) in [5, 5.41) is 3.32. The van der Waals surface area contributed by atoms with E-state index >= 15 is 0 Å². The molecule has 1 unspecified atom stereocenters. The molecule has 158 valence electrons. The summed E-state index contributed by atoms with van der Waals surface area (Å²) in [4.78, 5) is 9.87. The van der Waals surface area contributed by atoms with Gasteiger partial charge in [-0.3, -0.25) is 0 Å². The Morgan fingerprint density at radius 2 is 1.76 bits per heavy atom. The van der Waals surface area contributed by atoms with Gasteiger partial charge in [0.05, 0.1) is 0 Å². The Hall–Kier alpha value is -1.23. The molecule has 0 aliphatic heterocycles. The van der Waals surface area contributed by atoms with Crippen LogP contribution in [0.2, 0.25) is 0 Å². The Bertz CT molecular complexity index is 723. The molecule has 2 aromatic rings. The van der Waals surface area contributed by atoms with Crippen molar-refractivity contribution in [3.63, 3.8) is 0 Å². The van der Waals surface area contributed by atoms with Gasteiger partial charge in [-0.2, -0.15) is 0 Å². The third-order valence-corrected chi connectivity index (χ3v) is 6.47. The van der Waals surface area contributed by atoms with E-state index in [-0.39, 0.29) is 5.41 Å². The highest BCUT2D eigenvalue weighted by Gasteiger charge is 2.19. The summed E-state index contributed by atoms with van der Waals surface area (Å²) >= 11 is 1.92. The zero-order valence-corrected chi connectivity index (χ0v) is 19.2. The molecule has 0 aromatic heterocycles. The first-order chi connectivity index (χ1) is 14.0. The SMILES string of the molecule is CC(C)(CCCCSc1ccc(CNCCCO[P+](=O)O)cc1)c1ccccc1. The molecule has 2 rings (SSSR count). The van der Waals surface area contributed by atoms with Crippen LogP contribution in [0.25, 0.3) is 0 Å². The van der Waals surface area contributed by atoms with Crippen molar-refractivity contribution < 1.29 is 14.0 Å². The molecule has 0 saturated carbocycles. The number of hydrogen-bond donors (Lipinski definition) is 2. The normalized spacial score (nSPS) is 12.2. The largest absolute Gasteiger partial charge is 0.694 e. The standard InChI is InChI=1S/C23H32NO3PS/c1-23(2,21-9-4-3-5-10-21)15-6-7-18-29-22-13-11-20(12-14-22)19-24-16-8-17-27-28(25)26/h3-5,9-14,24H,6-8,15-19H2,1-2H3/p+1. The van der Waals surface area contributed by atoms with E-state index in [2.05, 4.69) is 78.3 Å². The first-order valence-corrected chi connectivity index (χ1v) is 12.4. The monoisotopic (exact) mass is 434 g/mol. The van der Waals surface area contributed by atoms with Gasteiger partial charge in [-0.05, 0) is 60.2 Å². The third-order valence-electron chi connectivity index (χ3n) is 4.97. The van der Waals surface area contributed by atoms with Crippen LogP contribution in [0.5, 0.6) is 0 Å². The van der Waals surface area contributed by atoms with Gasteiger partial charge in [0.25, 0.3) is 0 Å². The van der Waals surface area contributed by atoms with Crippen molar-refractivity contribution >= 4 is 20.0 Å². The van der Waals surface area contributed by atoms with Crippen LogP contribution in [-0.4, -0.2) is 23.8 Å². The quantitative estimate of drug-likeness (QED) is 0.215. The molecule has 0 aliphatic rings. The molecule has 0 heterocycles. The second-order valence-electron chi connectivity index (χ2n) is 7.80. The molecule has 1 atom stereocenters. The Morgan fingerprint density at radius 3 is 2.45 bits per heavy atom. The lowest BCUT2D eigenvalue weighted by Gasteiger charge is -2.25. The maximum absolute atomic E-state index is 10.4. The highest BCUT2D eigenvalue weighted by molar-refractivity contribution is 7.99. The predicted octanol–water partition coefficient (Wildman–Crippen LogP) is 6.07. The lowest BCUT2D eigenvalue weighted by molar-refractivity contribution is 0.276. The molecule has 0 aliphatic carbocycles. The maximum atomic E-state index is 10.4. The highest BCUT2D eigenvalue weighted by atomic mass is 32.2. The maximum Gasteiger partial charge on any atom is 0.694 e. The van der Waals surface area contributed by atoms with Crippen LogP contribution in [-0.2, 0) is 21.0 Å². The molecule has 0 amide bonds. The predicted molar refractivity (Wildman–Crippen MR) is 123 cm³/mol. The van der Waals surface area contributed by atoms with Crippen LogP contribution in [0, 0.1) is 0 Å². The van der Waals surface area contributed by atoms with Crippen LogP contribution in [0.1, 0.15) is 50.7 Å². The number of nitrogens with one attached hydrogen (secondary N) is 1. The van der Waals surface area contributed by atoms with Crippen molar-refractivity contribution in [2.45, 2.75) is 56.4 Å². The Kier molecular flexibility index (Phi) is 10.9. The van der Waals surface area contributed by atoms with Crippen molar-refractivity contribution in [1.82, 2.24) is 5.32 Å². The average molecular weight is 435 g/mol. The van der Waals surface area contributed by atoms with E-state index in [1.807, 2.05) is 11.8 Å². The van der Waals surface area contributed by atoms with E-state index in [1.54, 1.807) is 0 Å². The van der Waals surface area contributed by atoms with Gasteiger partial charge in [0.2, 0.25) is 0 Å². The Labute approximate surface area is 180 Å². The topological polar surface area (TPSA) is 58.6 Å². The smallest absolute Gasteiger partial charge is 0.313 e.